The monoisotopic (exact) mass is 199 g/mol. The number of ketones is 1. The fourth-order valence-electron chi connectivity index (χ4n) is 0.675. The molecule has 0 aromatic carbocycles. The first-order valence-corrected chi connectivity index (χ1v) is 3.82. The average Bonchev–Trinajstić information content (AvgIpc) is 2.02. The van der Waals surface area contributed by atoms with E-state index in [9.17, 15) is 9.59 Å². The third kappa shape index (κ3) is 2.83. The molecule has 4 nitrogen and oxygen atoms in total. The molecule has 0 amide bonds. The van der Waals surface area contributed by atoms with Gasteiger partial charge in [0.15, 0.2) is 5.78 Å². The van der Waals surface area contributed by atoms with Gasteiger partial charge in [-0.2, -0.15) is 0 Å². The number of oxime groups is 1. The lowest BCUT2D eigenvalue weighted by Gasteiger charge is -2.01. The second kappa shape index (κ2) is 4.00. The van der Waals surface area contributed by atoms with E-state index in [1.807, 2.05) is 0 Å². The zero-order valence-corrected chi connectivity index (χ0v) is 7.54. The molecule has 5 heteroatoms. The van der Waals surface area contributed by atoms with Gasteiger partial charge in [-0.05, 0) is 12.2 Å². The molecule has 68 valence electrons. The number of carbonyl (C=O) groups is 2. The van der Waals surface area contributed by atoms with Crippen molar-refractivity contribution in [1.29, 1.82) is 0 Å². The molecule has 0 spiro atoms. The number of nitrogens with zero attached hydrogens (tertiary/aromatic N) is 1. The number of allylic oxidation sites excluding steroid dienone is 4. The Bertz CT molecular complexity index is 341. The van der Waals surface area contributed by atoms with Gasteiger partial charge in [-0.25, -0.2) is 4.79 Å². The third-order valence-corrected chi connectivity index (χ3v) is 1.49. The Hall–Kier alpha value is -1.42. The number of halogens is 1. The highest BCUT2D eigenvalue weighted by atomic mass is 35.5. The summed E-state index contributed by atoms with van der Waals surface area (Å²) in [6.45, 7) is 1.22. The Kier molecular flexibility index (Phi) is 2.97. The van der Waals surface area contributed by atoms with Crippen molar-refractivity contribution in [3.8, 4) is 0 Å². The van der Waals surface area contributed by atoms with Crippen molar-refractivity contribution in [3.05, 3.63) is 23.3 Å². The molecule has 0 fully saturated rings. The maximum absolute atomic E-state index is 10.7. The zero-order chi connectivity index (χ0) is 9.84. The van der Waals surface area contributed by atoms with Crippen LogP contribution in [0.25, 0.3) is 0 Å². The lowest BCUT2D eigenvalue weighted by Crippen LogP contribution is -2.05. The van der Waals surface area contributed by atoms with E-state index in [1.54, 1.807) is 0 Å². The van der Waals surface area contributed by atoms with Gasteiger partial charge in [-0.1, -0.05) is 16.8 Å². The Labute approximate surface area is 79.5 Å². The van der Waals surface area contributed by atoms with E-state index < -0.39 is 5.97 Å². The summed E-state index contributed by atoms with van der Waals surface area (Å²) in [7, 11) is 0. The SMILES string of the molecule is CC(=O)ON=C1C=CC(=O)C=C1Cl. The fourth-order valence-corrected chi connectivity index (χ4v) is 0.880. The van der Waals surface area contributed by atoms with Crippen LogP contribution in [0, 0.1) is 0 Å². The van der Waals surface area contributed by atoms with Gasteiger partial charge in [0.25, 0.3) is 0 Å². The predicted octanol–water partition coefficient (Wildman–Crippen LogP) is 1.17. The molecule has 1 rings (SSSR count). The molecule has 0 aliphatic heterocycles. The molecule has 0 atom stereocenters. The Morgan fingerprint density at radius 3 is 2.77 bits per heavy atom. The molecule has 1 aliphatic carbocycles. The largest absolute Gasteiger partial charge is 0.332 e. The van der Waals surface area contributed by atoms with Crippen LogP contribution >= 0.6 is 11.6 Å². The second-order valence-electron chi connectivity index (χ2n) is 2.29. The minimum atomic E-state index is -0.540. The predicted molar refractivity (Wildman–Crippen MR) is 47.3 cm³/mol. The normalized spacial score (nSPS) is 18.8. The zero-order valence-electron chi connectivity index (χ0n) is 6.78. The molecule has 1 aliphatic rings. The van der Waals surface area contributed by atoms with Gasteiger partial charge in [0.1, 0.15) is 5.71 Å². The summed E-state index contributed by atoms with van der Waals surface area (Å²) in [4.78, 5) is 25.5. The van der Waals surface area contributed by atoms with Crippen molar-refractivity contribution in [2.45, 2.75) is 6.92 Å². The number of rotatable bonds is 1. The van der Waals surface area contributed by atoms with E-state index in [4.69, 9.17) is 11.6 Å². The van der Waals surface area contributed by atoms with Gasteiger partial charge in [-0.3, -0.25) is 4.79 Å². The van der Waals surface area contributed by atoms with Gasteiger partial charge in [0.05, 0.1) is 5.03 Å². The van der Waals surface area contributed by atoms with Crippen LogP contribution in [0.3, 0.4) is 0 Å². The van der Waals surface area contributed by atoms with Gasteiger partial charge in [0.2, 0.25) is 0 Å². The Morgan fingerprint density at radius 1 is 1.54 bits per heavy atom. The Morgan fingerprint density at radius 2 is 2.23 bits per heavy atom. The molecule has 0 aromatic heterocycles. The highest BCUT2D eigenvalue weighted by Crippen LogP contribution is 2.11. The van der Waals surface area contributed by atoms with Crippen LogP contribution in [-0.2, 0) is 14.4 Å². The van der Waals surface area contributed by atoms with Crippen molar-refractivity contribution < 1.29 is 14.4 Å². The van der Waals surface area contributed by atoms with Gasteiger partial charge in [-0.15, -0.1) is 0 Å². The van der Waals surface area contributed by atoms with E-state index in [-0.39, 0.29) is 16.5 Å². The smallest absolute Gasteiger partial charge is 0.318 e. The van der Waals surface area contributed by atoms with Crippen LogP contribution in [0.1, 0.15) is 6.92 Å². The molecule has 0 saturated carbocycles. The van der Waals surface area contributed by atoms with E-state index in [2.05, 4.69) is 9.99 Å². The molecular formula is C8H6ClNO3. The lowest BCUT2D eigenvalue weighted by molar-refractivity contribution is -0.140. The quantitative estimate of drug-likeness (QED) is 0.362. The molecule has 0 heterocycles. The maximum Gasteiger partial charge on any atom is 0.332 e. The van der Waals surface area contributed by atoms with Crippen molar-refractivity contribution in [2.75, 3.05) is 0 Å². The van der Waals surface area contributed by atoms with Crippen molar-refractivity contribution in [1.82, 2.24) is 0 Å². The van der Waals surface area contributed by atoms with Crippen molar-refractivity contribution >= 4 is 29.1 Å². The highest BCUT2D eigenvalue weighted by molar-refractivity contribution is 6.48. The summed E-state index contributed by atoms with van der Waals surface area (Å²) < 4.78 is 0. The third-order valence-electron chi connectivity index (χ3n) is 1.19. The van der Waals surface area contributed by atoms with Gasteiger partial charge >= 0.3 is 5.97 Å². The van der Waals surface area contributed by atoms with E-state index in [0.717, 1.165) is 0 Å². The van der Waals surface area contributed by atoms with Crippen molar-refractivity contribution in [2.24, 2.45) is 5.16 Å². The molecule has 0 aromatic rings. The maximum atomic E-state index is 10.7. The van der Waals surface area contributed by atoms with Crippen LogP contribution in [0.2, 0.25) is 0 Å². The average molecular weight is 200 g/mol. The minimum absolute atomic E-state index is 0.161. The Balaban J connectivity index is 2.77. The lowest BCUT2D eigenvalue weighted by atomic mass is 10.2. The molecule has 0 N–H and O–H groups in total. The molecular weight excluding hydrogens is 194 g/mol. The van der Waals surface area contributed by atoms with Crippen molar-refractivity contribution in [3.63, 3.8) is 0 Å². The topological polar surface area (TPSA) is 55.7 Å². The van der Waals surface area contributed by atoms with Crippen LogP contribution in [-0.4, -0.2) is 17.5 Å². The standard InChI is InChI=1S/C8H6ClNO3/c1-5(11)13-10-8-3-2-6(12)4-7(8)9/h2-4H,1H3. The summed E-state index contributed by atoms with van der Waals surface area (Å²) >= 11 is 5.63. The summed E-state index contributed by atoms with van der Waals surface area (Å²) in [5, 5.41) is 3.59. The first-order valence-electron chi connectivity index (χ1n) is 3.45. The number of hydrogen-bond acceptors (Lipinski definition) is 4. The molecule has 0 unspecified atom stereocenters. The van der Waals surface area contributed by atoms with E-state index >= 15 is 0 Å². The minimum Gasteiger partial charge on any atom is -0.318 e. The molecule has 0 radical (unpaired) electrons. The van der Waals surface area contributed by atoms with Gasteiger partial charge in [0, 0.05) is 13.0 Å². The first-order chi connectivity index (χ1) is 6.09. The summed E-state index contributed by atoms with van der Waals surface area (Å²) in [6, 6.07) is 0. The van der Waals surface area contributed by atoms with Crippen LogP contribution in [0.5, 0.6) is 0 Å². The molecule has 0 bridgehead atoms. The second-order valence-corrected chi connectivity index (χ2v) is 2.69. The summed E-state index contributed by atoms with van der Waals surface area (Å²) in [5.74, 6) is -0.756. The van der Waals surface area contributed by atoms with Crippen LogP contribution < -0.4 is 0 Å². The first kappa shape index (κ1) is 9.67. The van der Waals surface area contributed by atoms with E-state index in [0.29, 0.717) is 0 Å². The molecule has 0 saturated heterocycles. The van der Waals surface area contributed by atoms with E-state index in [1.165, 1.54) is 25.2 Å². The summed E-state index contributed by atoms with van der Waals surface area (Å²) in [6.07, 6.45) is 3.87. The fraction of sp³-hybridized carbons (Fsp3) is 0.125. The highest BCUT2D eigenvalue weighted by Gasteiger charge is 2.09. The van der Waals surface area contributed by atoms with Gasteiger partial charge < -0.3 is 4.84 Å². The number of carbonyl (C=O) groups excluding carboxylic acids is 2. The van der Waals surface area contributed by atoms with Crippen LogP contribution in [0.15, 0.2) is 28.4 Å². The summed E-state index contributed by atoms with van der Waals surface area (Å²) in [5.41, 5.74) is 0.261. The van der Waals surface area contributed by atoms with Crippen LogP contribution in [0.4, 0.5) is 0 Å². The molecule has 13 heavy (non-hydrogen) atoms. The number of hydrogen-bond donors (Lipinski definition) is 0.